The van der Waals surface area contributed by atoms with Gasteiger partial charge in [0.05, 0.1) is 0 Å². The van der Waals surface area contributed by atoms with Crippen LogP contribution in [0.3, 0.4) is 0 Å². The lowest BCUT2D eigenvalue weighted by atomic mass is 9.69. The minimum Gasteiger partial charge on any atom is -0.432 e. The predicted molar refractivity (Wildman–Crippen MR) is 100 cm³/mol. The summed E-state index contributed by atoms with van der Waals surface area (Å²) in [5, 5.41) is 0. The highest BCUT2D eigenvalue weighted by atomic mass is 19.3. The number of allylic oxidation sites excluding steroid dienone is 3. The third kappa shape index (κ3) is 6.85. The minimum absolute atomic E-state index is 0.602. The summed E-state index contributed by atoms with van der Waals surface area (Å²) in [6, 6.07) is 0. The van der Waals surface area contributed by atoms with E-state index in [1.807, 2.05) is 0 Å². The topological polar surface area (TPSA) is 9.23 Å². The molecule has 0 unspecified atom stereocenters. The lowest BCUT2D eigenvalue weighted by molar-refractivity contribution is -0.0948. The maximum Gasteiger partial charge on any atom is 0.387 e. The van der Waals surface area contributed by atoms with Gasteiger partial charge in [0.1, 0.15) is 0 Å². The van der Waals surface area contributed by atoms with Gasteiger partial charge in [-0.2, -0.15) is 8.78 Å². The van der Waals surface area contributed by atoms with Crippen LogP contribution >= 0.6 is 0 Å². The number of hydrogen-bond donors (Lipinski definition) is 0. The van der Waals surface area contributed by atoms with Crippen LogP contribution in [-0.4, -0.2) is 6.61 Å². The molecule has 2 fully saturated rings. The van der Waals surface area contributed by atoms with Crippen molar-refractivity contribution in [3.05, 3.63) is 36.4 Å². The molecule has 2 saturated carbocycles. The molecule has 0 saturated heterocycles. The molecule has 0 N–H and O–H groups in total. The second kappa shape index (κ2) is 10.2. The maximum atomic E-state index is 13.7. The van der Waals surface area contributed by atoms with Gasteiger partial charge in [0, 0.05) is 0 Å². The summed E-state index contributed by atoms with van der Waals surface area (Å²) < 4.78 is 41.8. The third-order valence-electron chi connectivity index (χ3n) is 6.32. The molecule has 26 heavy (non-hydrogen) atoms. The average molecular weight is 370 g/mol. The van der Waals surface area contributed by atoms with Crippen molar-refractivity contribution >= 4 is 0 Å². The molecule has 0 heterocycles. The molecule has 0 spiro atoms. The van der Waals surface area contributed by atoms with E-state index in [-0.39, 0.29) is 0 Å². The number of rotatable bonds is 8. The maximum absolute atomic E-state index is 13.7. The monoisotopic (exact) mass is 370 g/mol. The smallest absolute Gasteiger partial charge is 0.387 e. The molecule has 0 atom stereocenters. The molecule has 2 aliphatic carbocycles. The summed E-state index contributed by atoms with van der Waals surface area (Å²) in [5.41, 5.74) is 0.602. The average Bonchev–Trinajstić information content (AvgIpc) is 2.60. The molecular formula is C22H33F3O. The van der Waals surface area contributed by atoms with Crippen LogP contribution in [0.15, 0.2) is 36.4 Å². The summed E-state index contributed by atoms with van der Waals surface area (Å²) in [5.74, 6) is 1.90. The Morgan fingerprint density at radius 3 is 2.08 bits per heavy atom. The Hall–Kier alpha value is -1.19. The van der Waals surface area contributed by atoms with Gasteiger partial charge in [-0.05, 0) is 68.3 Å². The van der Waals surface area contributed by atoms with Gasteiger partial charge >= 0.3 is 6.61 Å². The summed E-state index contributed by atoms with van der Waals surface area (Å²) >= 11 is 0. The molecule has 2 aliphatic rings. The van der Waals surface area contributed by atoms with E-state index in [0.29, 0.717) is 17.9 Å². The van der Waals surface area contributed by atoms with E-state index in [4.69, 9.17) is 0 Å². The Morgan fingerprint density at radius 1 is 1.00 bits per heavy atom. The standard InChI is InChI=1S/C22H33F3O/c1-15-5-10-19(11-6-15)20-12-8-18(9-13-20)7-4-16(2)14-21(23)17(3)26-22(24)25/h14-15,18-20,22H,2-13H2,1H3/b21-14+. The normalized spacial score (nSPS) is 30.3. The Morgan fingerprint density at radius 2 is 1.54 bits per heavy atom. The van der Waals surface area contributed by atoms with Crippen molar-refractivity contribution in [1.29, 1.82) is 0 Å². The van der Waals surface area contributed by atoms with Gasteiger partial charge in [-0.15, -0.1) is 0 Å². The fraction of sp³-hybridized carbons (Fsp3) is 0.727. The number of ether oxygens (including phenoxy) is 1. The SMILES string of the molecule is C=C(/C=C(/F)C(=C)OC(F)F)CCC1CCC(C2CCC(C)CC2)CC1. The van der Waals surface area contributed by atoms with Crippen LogP contribution in [-0.2, 0) is 4.74 Å². The largest absolute Gasteiger partial charge is 0.432 e. The van der Waals surface area contributed by atoms with Gasteiger partial charge in [0.25, 0.3) is 0 Å². The van der Waals surface area contributed by atoms with Crippen molar-refractivity contribution in [3.63, 3.8) is 0 Å². The fourth-order valence-electron chi connectivity index (χ4n) is 4.59. The Bertz CT molecular complexity index is 496. The van der Waals surface area contributed by atoms with Crippen LogP contribution < -0.4 is 0 Å². The van der Waals surface area contributed by atoms with Gasteiger partial charge < -0.3 is 4.74 Å². The quantitative estimate of drug-likeness (QED) is 0.316. The molecule has 2 rings (SSSR count). The molecule has 0 bridgehead atoms. The third-order valence-corrected chi connectivity index (χ3v) is 6.32. The van der Waals surface area contributed by atoms with Crippen LogP contribution in [0.5, 0.6) is 0 Å². The highest BCUT2D eigenvalue weighted by molar-refractivity contribution is 5.26. The van der Waals surface area contributed by atoms with Crippen molar-refractivity contribution in [2.24, 2.45) is 23.7 Å². The lowest BCUT2D eigenvalue weighted by Gasteiger charge is -2.37. The molecule has 4 heteroatoms. The van der Waals surface area contributed by atoms with Gasteiger partial charge in [-0.3, -0.25) is 0 Å². The molecule has 148 valence electrons. The van der Waals surface area contributed by atoms with E-state index in [2.05, 4.69) is 24.8 Å². The first kappa shape index (κ1) is 21.1. The van der Waals surface area contributed by atoms with E-state index in [1.165, 1.54) is 57.4 Å². The van der Waals surface area contributed by atoms with Crippen LogP contribution in [0, 0.1) is 23.7 Å². The van der Waals surface area contributed by atoms with Crippen molar-refractivity contribution in [2.75, 3.05) is 0 Å². The molecular weight excluding hydrogens is 337 g/mol. The number of alkyl halides is 2. The highest BCUT2D eigenvalue weighted by Gasteiger charge is 2.29. The van der Waals surface area contributed by atoms with Gasteiger partial charge in [-0.1, -0.05) is 51.3 Å². The van der Waals surface area contributed by atoms with Crippen molar-refractivity contribution < 1.29 is 17.9 Å². The second-order valence-electron chi connectivity index (χ2n) is 8.29. The van der Waals surface area contributed by atoms with Crippen molar-refractivity contribution in [3.8, 4) is 0 Å². The summed E-state index contributed by atoms with van der Waals surface area (Å²) in [4.78, 5) is 0. The van der Waals surface area contributed by atoms with E-state index in [9.17, 15) is 13.2 Å². The predicted octanol–water partition coefficient (Wildman–Crippen LogP) is 7.56. The van der Waals surface area contributed by atoms with Gasteiger partial charge in [0.15, 0.2) is 11.6 Å². The van der Waals surface area contributed by atoms with Gasteiger partial charge in [0.2, 0.25) is 0 Å². The van der Waals surface area contributed by atoms with Crippen molar-refractivity contribution in [1.82, 2.24) is 0 Å². The fourth-order valence-corrected chi connectivity index (χ4v) is 4.59. The van der Waals surface area contributed by atoms with Crippen molar-refractivity contribution in [2.45, 2.75) is 77.7 Å². The lowest BCUT2D eigenvalue weighted by Crippen LogP contribution is -2.25. The van der Waals surface area contributed by atoms with Crippen LogP contribution in [0.1, 0.15) is 71.1 Å². The Labute approximate surface area is 156 Å². The van der Waals surface area contributed by atoms with E-state index < -0.39 is 18.2 Å². The first-order chi connectivity index (χ1) is 12.3. The molecule has 1 nitrogen and oxygen atoms in total. The number of halogens is 3. The minimum atomic E-state index is -3.06. The van der Waals surface area contributed by atoms with E-state index in [1.54, 1.807) is 0 Å². The number of hydrogen-bond acceptors (Lipinski definition) is 1. The molecule has 0 radical (unpaired) electrons. The zero-order valence-corrected chi connectivity index (χ0v) is 16.0. The Balaban J connectivity index is 1.68. The molecule has 0 aliphatic heterocycles. The molecule has 0 aromatic rings. The van der Waals surface area contributed by atoms with Crippen LogP contribution in [0.4, 0.5) is 13.2 Å². The molecule has 0 amide bonds. The first-order valence-corrected chi connectivity index (χ1v) is 10.0. The molecule has 0 aromatic carbocycles. The zero-order valence-electron chi connectivity index (χ0n) is 16.0. The van der Waals surface area contributed by atoms with Crippen LogP contribution in [0.2, 0.25) is 0 Å². The Kier molecular flexibility index (Phi) is 8.30. The van der Waals surface area contributed by atoms with E-state index in [0.717, 1.165) is 24.2 Å². The zero-order chi connectivity index (χ0) is 19.1. The first-order valence-electron chi connectivity index (χ1n) is 10.0. The second-order valence-corrected chi connectivity index (χ2v) is 8.29. The van der Waals surface area contributed by atoms with Crippen LogP contribution in [0.25, 0.3) is 0 Å². The summed E-state index contributed by atoms with van der Waals surface area (Å²) in [6.07, 6.45) is 13.6. The summed E-state index contributed by atoms with van der Waals surface area (Å²) in [6.45, 7) is 6.31. The molecule has 0 aromatic heterocycles. The van der Waals surface area contributed by atoms with Gasteiger partial charge in [-0.25, -0.2) is 4.39 Å². The summed E-state index contributed by atoms with van der Waals surface area (Å²) in [7, 11) is 0. The highest BCUT2D eigenvalue weighted by Crippen LogP contribution is 2.42. The van der Waals surface area contributed by atoms with E-state index >= 15 is 0 Å².